The summed E-state index contributed by atoms with van der Waals surface area (Å²) in [6.07, 6.45) is 13.2. The van der Waals surface area contributed by atoms with Crippen molar-refractivity contribution in [2.75, 3.05) is 6.61 Å². The Morgan fingerprint density at radius 2 is 1.97 bits per heavy atom. The van der Waals surface area contributed by atoms with E-state index in [1.807, 2.05) is 6.92 Å². The van der Waals surface area contributed by atoms with Crippen molar-refractivity contribution in [1.29, 1.82) is 0 Å². The molecule has 5 nitrogen and oxygen atoms in total. The zero-order chi connectivity index (χ0) is 20.9. The van der Waals surface area contributed by atoms with Gasteiger partial charge in [-0.15, -0.1) is 0 Å². The highest BCUT2D eigenvalue weighted by Crippen LogP contribution is 2.65. The number of aliphatic hydroxyl groups excluding tert-OH is 1. The molecule has 7 atom stereocenters. The van der Waals surface area contributed by atoms with Crippen molar-refractivity contribution in [3.8, 4) is 0 Å². The molecule has 166 valence electrons. The second kappa shape index (κ2) is 7.65. The molecule has 0 radical (unpaired) electrons. The Balaban J connectivity index is 1.21. The number of hydrogen-bond donors (Lipinski definition) is 1. The Hall–Kier alpha value is -1.36. The normalized spacial score (nSPS) is 44.4. The lowest BCUT2D eigenvalue weighted by molar-refractivity contribution is -0.112. The Morgan fingerprint density at radius 1 is 1.13 bits per heavy atom. The molecule has 0 bridgehead atoms. The predicted molar refractivity (Wildman–Crippen MR) is 116 cm³/mol. The van der Waals surface area contributed by atoms with Crippen LogP contribution in [0.3, 0.4) is 0 Å². The van der Waals surface area contributed by atoms with E-state index >= 15 is 0 Å². The van der Waals surface area contributed by atoms with Gasteiger partial charge in [-0.2, -0.15) is 0 Å². The SMILES string of the molecule is Cc1cnc(CCO/N=C2/CC[C@@]3(C)C(CCC4C3CC[C@@]3(C)C4CC[C@@H]3O)C2)o1. The molecule has 0 amide bonds. The molecule has 1 N–H and O–H groups in total. The van der Waals surface area contributed by atoms with Crippen LogP contribution in [0.2, 0.25) is 0 Å². The minimum atomic E-state index is -0.0727. The molecule has 1 aromatic heterocycles. The molecule has 5 rings (SSSR count). The van der Waals surface area contributed by atoms with Crippen molar-refractivity contribution in [2.45, 2.75) is 91.1 Å². The maximum Gasteiger partial charge on any atom is 0.197 e. The minimum absolute atomic E-state index is 0.0727. The number of aromatic nitrogens is 1. The van der Waals surface area contributed by atoms with Crippen LogP contribution in [0.1, 0.15) is 83.3 Å². The van der Waals surface area contributed by atoms with E-state index < -0.39 is 0 Å². The second-order valence-electron chi connectivity index (χ2n) is 11.1. The molecule has 5 heteroatoms. The molecule has 4 aliphatic carbocycles. The van der Waals surface area contributed by atoms with Gasteiger partial charge in [0, 0.05) is 0 Å². The maximum absolute atomic E-state index is 10.6. The fraction of sp³-hybridized carbons (Fsp3) is 0.840. The van der Waals surface area contributed by atoms with Crippen LogP contribution in [0.5, 0.6) is 0 Å². The molecular formula is C25H38N2O3. The Bertz CT molecular complexity index is 804. The molecule has 4 saturated carbocycles. The highest BCUT2D eigenvalue weighted by Gasteiger charge is 2.59. The number of aryl methyl sites for hydroxylation is 1. The van der Waals surface area contributed by atoms with Crippen molar-refractivity contribution in [3.05, 3.63) is 17.8 Å². The van der Waals surface area contributed by atoms with Crippen LogP contribution in [0.25, 0.3) is 0 Å². The maximum atomic E-state index is 10.6. The van der Waals surface area contributed by atoms with E-state index in [0.29, 0.717) is 18.4 Å². The van der Waals surface area contributed by atoms with Crippen LogP contribution in [0, 0.1) is 41.4 Å². The van der Waals surface area contributed by atoms with Crippen LogP contribution in [0.15, 0.2) is 15.8 Å². The second-order valence-corrected chi connectivity index (χ2v) is 11.1. The minimum Gasteiger partial charge on any atom is -0.446 e. The van der Waals surface area contributed by atoms with Crippen molar-refractivity contribution < 1.29 is 14.4 Å². The van der Waals surface area contributed by atoms with Gasteiger partial charge in [-0.05, 0) is 99.2 Å². The smallest absolute Gasteiger partial charge is 0.197 e. The fourth-order valence-corrected chi connectivity index (χ4v) is 7.90. The summed E-state index contributed by atoms with van der Waals surface area (Å²) in [5.74, 6) is 4.69. The summed E-state index contributed by atoms with van der Waals surface area (Å²) in [5.41, 5.74) is 1.87. The Morgan fingerprint density at radius 3 is 2.77 bits per heavy atom. The average molecular weight is 415 g/mol. The first-order chi connectivity index (χ1) is 14.4. The van der Waals surface area contributed by atoms with Gasteiger partial charge in [0.15, 0.2) is 5.89 Å². The summed E-state index contributed by atoms with van der Waals surface area (Å²) in [7, 11) is 0. The van der Waals surface area contributed by atoms with Crippen molar-refractivity contribution in [2.24, 2.45) is 39.7 Å². The first kappa shape index (κ1) is 20.5. The number of rotatable bonds is 4. The Labute approximate surface area is 180 Å². The van der Waals surface area contributed by atoms with Crippen LogP contribution >= 0.6 is 0 Å². The van der Waals surface area contributed by atoms with Crippen molar-refractivity contribution in [3.63, 3.8) is 0 Å². The summed E-state index contributed by atoms with van der Waals surface area (Å²) < 4.78 is 5.50. The third-order valence-corrected chi connectivity index (χ3v) is 9.72. The van der Waals surface area contributed by atoms with Crippen LogP contribution < -0.4 is 0 Å². The standard InChI is InChI=1S/C25H38N2O3/c1-16-15-26-23(30-16)10-13-29-27-18-8-11-24(2)17(14-18)4-5-19-20-6-7-22(28)25(20,3)12-9-21(19)24/h15,17,19-22,28H,4-14H2,1-3H3/b27-18-/t17?,19?,20?,21?,22-,24-,25-/m0/s1. The monoisotopic (exact) mass is 414 g/mol. The number of nitrogens with zero attached hydrogens (tertiary/aromatic N) is 2. The van der Waals surface area contributed by atoms with E-state index in [0.717, 1.165) is 54.6 Å². The molecule has 0 aliphatic heterocycles. The molecule has 0 saturated heterocycles. The molecule has 0 spiro atoms. The van der Waals surface area contributed by atoms with E-state index in [4.69, 9.17) is 9.25 Å². The zero-order valence-electron chi connectivity index (χ0n) is 18.9. The van der Waals surface area contributed by atoms with Gasteiger partial charge in [0.1, 0.15) is 12.4 Å². The van der Waals surface area contributed by atoms with Gasteiger partial charge >= 0.3 is 0 Å². The van der Waals surface area contributed by atoms with Crippen LogP contribution in [0.4, 0.5) is 0 Å². The van der Waals surface area contributed by atoms with Gasteiger partial charge in [0.25, 0.3) is 0 Å². The molecular weight excluding hydrogens is 376 g/mol. The zero-order valence-corrected chi connectivity index (χ0v) is 18.9. The number of oxime groups is 1. The van der Waals surface area contributed by atoms with E-state index in [9.17, 15) is 5.11 Å². The number of aliphatic hydroxyl groups is 1. The molecule has 0 aromatic carbocycles. The van der Waals surface area contributed by atoms with Gasteiger partial charge < -0.3 is 14.4 Å². The van der Waals surface area contributed by atoms with Crippen molar-refractivity contribution >= 4 is 5.71 Å². The lowest BCUT2D eigenvalue weighted by Crippen LogP contribution is -2.54. The van der Waals surface area contributed by atoms with Gasteiger partial charge in [0.2, 0.25) is 0 Å². The molecule has 1 aromatic rings. The molecule has 4 aliphatic rings. The summed E-state index contributed by atoms with van der Waals surface area (Å²) >= 11 is 0. The van der Waals surface area contributed by atoms with Crippen molar-refractivity contribution in [1.82, 2.24) is 4.98 Å². The van der Waals surface area contributed by atoms with Gasteiger partial charge in [-0.3, -0.25) is 0 Å². The fourth-order valence-electron chi connectivity index (χ4n) is 7.90. The highest BCUT2D eigenvalue weighted by molar-refractivity contribution is 5.85. The first-order valence-corrected chi connectivity index (χ1v) is 12.2. The van der Waals surface area contributed by atoms with Gasteiger partial charge in [-0.25, -0.2) is 4.98 Å². The predicted octanol–water partition coefficient (Wildman–Crippen LogP) is 5.30. The summed E-state index contributed by atoms with van der Waals surface area (Å²) in [6.45, 7) is 7.39. The highest BCUT2D eigenvalue weighted by atomic mass is 16.6. The van der Waals surface area contributed by atoms with Crippen LogP contribution in [-0.4, -0.2) is 28.5 Å². The summed E-state index contributed by atoms with van der Waals surface area (Å²) in [6, 6.07) is 0. The quantitative estimate of drug-likeness (QED) is 0.536. The molecule has 1 heterocycles. The topological polar surface area (TPSA) is 67.9 Å². The first-order valence-electron chi connectivity index (χ1n) is 12.2. The number of fused-ring (bicyclic) bond motifs is 5. The van der Waals surface area contributed by atoms with E-state index in [1.165, 1.54) is 44.2 Å². The Kier molecular flexibility index (Phi) is 5.24. The molecule has 4 unspecified atom stereocenters. The average Bonchev–Trinajstić information content (AvgIpc) is 3.28. The number of oxazole rings is 1. The van der Waals surface area contributed by atoms with E-state index in [2.05, 4.69) is 24.0 Å². The van der Waals surface area contributed by atoms with Gasteiger partial charge in [0.05, 0.1) is 24.4 Å². The largest absolute Gasteiger partial charge is 0.446 e. The summed E-state index contributed by atoms with van der Waals surface area (Å²) in [5, 5.41) is 15.2. The third kappa shape index (κ3) is 3.32. The van der Waals surface area contributed by atoms with Gasteiger partial charge in [-0.1, -0.05) is 19.0 Å². The summed E-state index contributed by atoms with van der Waals surface area (Å²) in [4.78, 5) is 9.87. The third-order valence-electron chi connectivity index (χ3n) is 9.72. The van der Waals surface area contributed by atoms with E-state index in [1.54, 1.807) is 6.20 Å². The van der Waals surface area contributed by atoms with E-state index in [-0.39, 0.29) is 11.5 Å². The lowest BCUT2D eigenvalue weighted by Gasteiger charge is -2.60. The molecule has 4 fully saturated rings. The number of hydrogen-bond acceptors (Lipinski definition) is 5. The lowest BCUT2D eigenvalue weighted by atomic mass is 9.45. The van der Waals surface area contributed by atoms with Crippen LogP contribution in [-0.2, 0) is 11.3 Å². The molecule has 30 heavy (non-hydrogen) atoms.